The third-order valence-electron chi connectivity index (χ3n) is 6.46. The van der Waals surface area contributed by atoms with Gasteiger partial charge in [0.05, 0.1) is 12.4 Å². The van der Waals surface area contributed by atoms with Crippen LogP contribution in [0.1, 0.15) is 44.7 Å². The summed E-state index contributed by atoms with van der Waals surface area (Å²) in [6.07, 6.45) is 9.19. The van der Waals surface area contributed by atoms with Crippen molar-refractivity contribution in [1.29, 1.82) is 0 Å². The zero-order valence-electron chi connectivity index (χ0n) is 19.1. The third kappa shape index (κ3) is 5.63. The van der Waals surface area contributed by atoms with Crippen molar-refractivity contribution < 1.29 is 4.79 Å². The number of nitrogens with one attached hydrogen (secondary N) is 1. The molecule has 3 heterocycles. The number of para-hydroxylation sites is 1. The molecule has 174 valence electrons. The Kier molecular flexibility index (Phi) is 8.95. The van der Waals surface area contributed by atoms with E-state index in [-0.39, 0.29) is 29.9 Å². The van der Waals surface area contributed by atoms with E-state index >= 15 is 0 Å². The molecule has 0 radical (unpaired) electrons. The predicted molar refractivity (Wildman–Crippen MR) is 140 cm³/mol. The van der Waals surface area contributed by atoms with Gasteiger partial charge in [0.25, 0.3) is 0 Å². The summed E-state index contributed by atoms with van der Waals surface area (Å²) in [5.41, 5.74) is 2.35. The van der Waals surface area contributed by atoms with Gasteiger partial charge in [-0.15, -0.1) is 24.0 Å². The van der Waals surface area contributed by atoms with E-state index in [1.807, 2.05) is 29.6 Å². The highest BCUT2D eigenvalue weighted by atomic mass is 127. The molecule has 1 amide bonds. The minimum atomic E-state index is 0. The number of benzene rings is 1. The highest BCUT2D eigenvalue weighted by Crippen LogP contribution is 2.29. The summed E-state index contributed by atoms with van der Waals surface area (Å²) < 4.78 is 2.22. The second-order valence-electron chi connectivity index (χ2n) is 8.55. The second kappa shape index (κ2) is 11.7. The Bertz CT molecular complexity index is 900. The number of piperidine rings is 1. The molecular formula is C24H35IN6O. The van der Waals surface area contributed by atoms with Crippen molar-refractivity contribution in [3.8, 4) is 0 Å². The molecule has 1 aromatic carbocycles. The van der Waals surface area contributed by atoms with E-state index in [1.54, 1.807) is 0 Å². The molecule has 32 heavy (non-hydrogen) atoms. The molecule has 8 heteroatoms. The van der Waals surface area contributed by atoms with Gasteiger partial charge in [-0.05, 0) is 43.7 Å². The van der Waals surface area contributed by atoms with E-state index in [9.17, 15) is 4.79 Å². The monoisotopic (exact) mass is 550 g/mol. The number of anilines is 1. The van der Waals surface area contributed by atoms with E-state index < -0.39 is 0 Å². The van der Waals surface area contributed by atoms with Crippen LogP contribution < -0.4 is 10.2 Å². The molecule has 0 aliphatic carbocycles. The molecule has 1 aromatic heterocycles. The quantitative estimate of drug-likeness (QED) is 0.258. The van der Waals surface area contributed by atoms with Gasteiger partial charge in [-0.2, -0.15) is 0 Å². The van der Waals surface area contributed by atoms with E-state index in [2.05, 4.69) is 51.9 Å². The van der Waals surface area contributed by atoms with Crippen LogP contribution in [0.5, 0.6) is 0 Å². The first-order chi connectivity index (χ1) is 15.2. The molecule has 0 bridgehead atoms. The molecule has 2 aliphatic rings. The smallest absolute Gasteiger partial charge is 0.227 e. The number of likely N-dealkylation sites (tertiary alicyclic amines) is 1. The molecule has 1 saturated heterocycles. The summed E-state index contributed by atoms with van der Waals surface area (Å²) >= 11 is 0. The zero-order valence-corrected chi connectivity index (χ0v) is 21.4. The normalized spacial score (nSPS) is 20.6. The number of carbonyl (C=O) groups excluding carboxylic acids is 1. The van der Waals surface area contributed by atoms with Crippen LogP contribution in [0.2, 0.25) is 0 Å². The third-order valence-corrected chi connectivity index (χ3v) is 6.46. The Hall–Kier alpha value is -2.10. The molecular weight excluding hydrogens is 515 g/mol. The Morgan fingerprint density at radius 3 is 2.91 bits per heavy atom. The Morgan fingerprint density at radius 2 is 2.12 bits per heavy atom. The number of aromatic nitrogens is 2. The van der Waals surface area contributed by atoms with Crippen LogP contribution in [-0.2, 0) is 11.2 Å². The van der Waals surface area contributed by atoms with E-state index in [1.165, 1.54) is 5.56 Å². The van der Waals surface area contributed by atoms with Crippen molar-refractivity contribution in [2.75, 3.05) is 37.6 Å². The van der Waals surface area contributed by atoms with Crippen LogP contribution in [0.15, 0.2) is 48.0 Å². The SMILES string of the molecule is CCNC(=NCCCC(=O)N1CCc2ccccc21)N1CCC(C)C(n2ccnc2)C1.I. The Morgan fingerprint density at radius 1 is 1.28 bits per heavy atom. The number of nitrogens with zero attached hydrogens (tertiary/aromatic N) is 5. The van der Waals surface area contributed by atoms with Gasteiger partial charge in [0, 0.05) is 57.2 Å². The number of guanidine groups is 1. The van der Waals surface area contributed by atoms with Crippen molar-refractivity contribution in [1.82, 2.24) is 19.8 Å². The van der Waals surface area contributed by atoms with Gasteiger partial charge in [0.1, 0.15) is 0 Å². The van der Waals surface area contributed by atoms with Crippen molar-refractivity contribution in [3.05, 3.63) is 48.5 Å². The molecule has 1 fully saturated rings. The molecule has 2 unspecified atom stereocenters. The van der Waals surface area contributed by atoms with Gasteiger partial charge >= 0.3 is 0 Å². The first-order valence-electron chi connectivity index (χ1n) is 11.6. The number of carbonyl (C=O) groups is 1. The first kappa shape index (κ1) is 24.5. The lowest BCUT2D eigenvalue weighted by Crippen LogP contribution is -2.49. The summed E-state index contributed by atoms with van der Waals surface area (Å²) in [7, 11) is 0. The highest BCUT2D eigenvalue weighted by molar-refractivity contribution is 14.0. The number of aliphatic imine (C=N–C) groups is 1. The van der Waals surface area contributed by atoms with Crippen molar-refractivity contribution in [2.24, 2.45) is 10.9 Å². The maximum Gasteiger partial charge on any atom is 0.227 e. The lowest BCUT2D eigenvalue weighted by Gasteiger charge is -2.39. The molecule has 2 aliphatic heterocycles. The van der Waals surface area contributed by atoms with Crippen LogP contribution in [0.3, 0.4) is 0 Å². The second-order valence-corrected chi connectivity index (χ2v) is 8.55. The van der Waals surface area contributed by atoms with Gasteiger partial charge in [-0.3, -0.25) is 9.79 Å². The van der Waals surface area contributed by atoms with Crippen molar-refractivity contribution >= 4 is 41.5 Å². The predicted octanol–water partition coefficient (Wildman–Crippen LogP) is 3.72. The fraction of sp³-hybridized carbons (Fsp3) is 0.542. The van der Waals surface area contributed by atoms with Gasteiger partial charge in [-0.1, -0.05) is 25.1 Å². The van der Waals surface area contributed by atoms with Gasteiger partial charge in [-0.25, -0.2) is 4.98 Å². The molecule has 2 aromatic rings. The fourth-order valence-corrected chi connectivity index (χ4v) is 4.67. The van der Waals surface area contributed by atoms with Crippen LogP contribution >= 0.6 is 24.0 Å². The van der Waals surface area contributed by atoms with Crippen LogP contribution in [-0.4, -0.2) is 59.0 Å². The van der Waals surface area contributed by atoms with Crippen molar-refractivity contribution in [2.45, 2.75) is 45.6 Å². The summed E-state index contributed by atoms with van der Waals surface area (Å²) in [6.45, 7) is 8.63. The molecule has 7 nitrogen and oxygen atoms in total. The maximum atomic E-state index is 12.7. The molecule has 4 rings (SSSR count). The largest absolute Gasteiger partial charge is 0.357 e. The van der Waals surface area contributed by atoms with Crippen molar-refractivity contribution in [3.63, 3.8) is 0 Å². The summed E-state index contributed by atoms with van der Waals surface area (Å²) in [5.74, 6) is 1.77. The van der Waals surface area contributed by atoms with Crippen LogP contribution in [0.25, 0.3) is 0 Å². The number of imidazole rings is 1. The first-order valence-corrected chi connectivity index (χ1v) is 11.6. The lowest BCUT2D eigenvalue weighted by atomic mass is 9.93. The van der Waals surface area contributed by atoms with Crippen LogP contribution in [0, 0.1) is 5.92 Å². The van der Waals surface area contributed by atoms with Gasteiger partial charge < -0.3 is 19.7 Å². The Labute approximate surface area is 208 Å². The molecule has 0 spiro atoms. The van der Waals surface area contributed by atoms with Crippen LogP contribution in [0.4, 0.5) is 5.69 Å². The minimum Gasteiger partial charge on any atom is -0.357 e. The number of amides is 1. The topological polar surface area (TPSA) is 65.8 Å². The summed E-state index contributed by atoms with van der Waals surface area (Å²) in [6, 6.07) is 8.62. The lowest BCUT2D eigenvalue weighted by molar-refractivity contribution is -0.118. The van der Waals surface area contributed by atoms with E-state index in [0.717, 1.165) is 57.1 Å². The summed E-state index contributed by atoms with van der Waals surface area (Å²) in [4.78, 5) is 26.1. The number of rotatable bonds is 6. The Balaban J connectivity index is 0.00000289. The highest BCUT2D eigenvalue weighted by Gasteiger charge is 2.29. The molecule has 0 saturated carbocycles. The number of halogens is 1. The van der Waals surface area contributed by atoms with E-state index in [0.29, 0.717) is 24.9 Å². The average Bonchev–Trinajstić information content (AvgIpc) is 3.46. The number of fused-ring (bicyclic) bond motifs is 1. The standard InChI is InChI=1S/C24H34N6O.HI/c1-3-26-24(28-14-10-19(2)22(17-28)29-16-13-25-18-29)27-12-6-9-23(31)30-15-11-20-7-4-5-8-21(20)30;/h4-5,7-8,13,16,18-19,22H,3,6,9-12,14-15,17H2,1-2H3,(H,26,27);1H. The molecule has 1 N–H and O–H groups in total. The average molecular weight is 550 g/mol. The van der Waals surface area contributed by atoms with Gasteiger partial charge in [0.2, 0.25) is 5.91 Å². The molecule has 2 atom stereocenters. The minimum absolute atomic E-state index is 0. The van der Waals surface area contributed by atoms with E-state index in [4.69, 9.17) is 4.99 Å². The van der Waals surface area contributed by atoms with Gasteiger partial charge in [0.15, 0.2) is 5.96 Å². The fourth-order valence-electron chi connectivity index (χ4n) is 4.67. The number of hydrogen-bond acceptors (Lipinski definition) is 3. The summed E-state index contributed by atoms with van der Waals surface area (Å²) in [5, 5.41) is 3.44. The zero-order chi connectivity index (χ0) is 21.6. The maximum absolute atomic E-state index is 12.7. The number of hydrogen-bond donors (Lipinski definition) is 1.